The van der Waals surface area contributed by atoms with Gasteiger partial charge in [-0.3, -0.25) is 0 Å². The van der Waals surface area contributed by atoms with Crippen molar-refractivity contribution in [1.82, 2.24) is 0 Å². The van der Waals surface area contributed by atoms with Crippen molar-refractivity contribution in [2.45, 2.75) is 132 Å². The average molecular weight is 497 g/mol. The highest BCUT2D eigenvalue weighted by atomic mass is 16.5. The zero-order valence-electron chi connectivity index (χ0n) is 24.7. The molecule has 0 aromatic heterocycles. The van der Waals surface area contributed by atoms with E-state index in [1.54, 1.807) is 11.6 Å². The molecule has 0 unspecified atom stereocenters. The molecule has 0 aliphatic heterocycles. The first kappa shape index (κ1) is 28.0. The van der Waals surface area contributed by atoms with Gasteiger partial charge in [-0.1, -0.05) is 85.5 Å². The number of rotatable bonds is 9. The maximum Gasteiger partial charge on any atom is 0.330 e. The van der Waals surface area contributed by atoms with Gasteiger partial charge in [0.15, 0.2) is 0 Å². The lowest BCUT2D eigenvalue weighted by molar-refractivity contribution is -0.145. The van der Waals surface area contributed by atoms with Gasteiger partial charge in [0.1, 0.15) is 6.10 Å². The summed E-state index contributed by atoms with van der Waals surface area (Å²) in [6.07, 6.45) is 21.6. The van der Waals surface area contributed by atoms with Gasteiger partial charge in [-0.2, -0.15) is 0 Å². The van der Waals surface area contributed by atoms with Gasteiger partial charge in [0.05, 0.1) is 0 Å². The maximum atomic E-state index is 12.4. The summed E-state index contributed by atoms with van der Waals surface area (Å²) in [7, 11) is 0. The van der Waals surface area contributed by atoms with Crippen LogP contribution in [0, 0.1) is 52.3 Å². The molecule has 0 heterocycles. The Bertz CT molecular complexity index is 821. The van der Waals surface area contributed by atoms with Gasteiger partial charge in [0.25, 0.3) is 0 Å². The molecule has 2 heteroatoms. The number of allylic oxidation sites excluding steroid dienone is 2. The van der Waals surface area contributed by atoms with Crippen molar-refractivity contribution in [3.8, 4) is 0 Å². The maximum absolute atomic E-state index is 12.4. The van der Waals surface area contributed by atoms with Crippen LogP contribution >= 0.6 is 0 Å². The number of hydrogen-bond donors (Lipinski definition) is 0. The Morgan fingerprint density at radius 1 is 1.00 bits per heavy atom. The molecule has 0 spiro atoms. The van der Waals surface area contributed by atoms with Crippen molar-refractivity contribution < 1.29 is 9.53 Å². The molecule has 4 aliphatic carbocycles. The second kappa shape index (κ2) is 11.4. The minimum Gasteiger partial charge on any atom is -0.459 e. The Morgan fingerprint density at radius 3 is 2.50 bits per heavy atom. The predicted molar refractivity (Wildman–Crippen MR) is 152 cm³/mol. The van der Waals surface area contributed by atoms with Crippen molar-refractivity contribution in [2.75, 3.05) is 0 Å². The van der Waals surface area contributed by atoms with Crippen LogP contribution in [0.2, 0.25) is 0 Å². The van der Waals surface area contributed by atoms with Gasteiger partial charge in [-0.15, -0.1) is 0 Å². The molecule has 0 aromatic carbocycles. The molecule has 204 valence electrons. The van der Waals surface area contributed by atoms with Gasteiger partial charge in [-0.05, 0) is 104 Å². The second-order valence-corrected chi connectivity index (χ2v) is 14.6. The lowest BCUT2D eigenvalue weighted by atomic mass is 9.47. The minimum atomic E-state index is -0.147. The second-order valence-electron chi connectivity index (χ2n) is 14.6. The van der Waals surface area contributed by atoms with Crippen LogP contribution in [0.15, 0.2) is 23.8 Å². The first-order valence-corrected chi connectivity index (χ1v) is 15.6. The lowest BCUT2D eigenvalue weighted by Gasteiger charge is -2.58. The van der Waals surface area contributed by atoms with Gasteiger partial charge in [0, 0.05) is 12.5 Å². The Hall–Kier alpha value is -1.05. The van der Waals surface area contributed by atoms with Crippen LogP contribution in [0.25, 0.3) is 0 Å². The Labute approximate surface area is 223 Å². The first-order chi connectivity index (χ1) is 17.0. The third-order valence-corrected chi connectivity index (χ3v) is 11.4. The Morgan fingerprint density at radius 2 is 1.78 bits per heavy atom. The third kappa shape index (κ3) is 5.68. The molecule has 0 saturated heterocycles. The fraction of sp³-hybridized carbons (Fsp3) is 0.853. The Kier molecular flexibility index (Phi) is 8.83. The number of hydrogen-bond acceptors (Lipinski definition) is 2. The monoisotopic (exact) mass is 496 g/mol. The summed E-state index contributed by atoms with van der Waals surface area (Å²) in [5.74, 6) is 5.66. The molecule has 0 radical (unpaired) electrons. The highest BCUT2D eigenvalue weighted by molar-refractivity contribution is 5.82. The van der Waals surface area contributed by atoms with E-state index in [9.17, 15) is 4.79 Å². The van der Waals surface area contributed by atoms with Gasteiger partial charge < -0.3 is 4.74 Å². The SMILES string of the molecule is CC(C)C/C=C/C(=O)O[C@H]1CC[C@@]2(C)C(=CC[C@@H]3[C@H]4CC[C@@H]([C@H](C)CCCC(C)C)[C@]4(C)CC[C@H]32)C1. The van der Waals surface area contributed by atoms with Gasteiger partial charge >= 0.3 is 5.97 Å². The van der Waals surface area contributed by atoms with Crippen LogP contribution in [0.3, 0.4) is 0 Å². The van der Waals surface area contributed by atoms with E-state index in [0.29, 0.717) is 16.7 Å². The molecular formula is C34H56O2. The average Bonchev–Trinajstić information content (AvgIpc) is 3.16. The van der Waals surface area contributed by atoms with Crippen LogP contribution in [-0.2, 0) is 9.53 Å². The highest BCUT2D eigenvalue weighted by Gasteiger charge is 2.59. The Balaban J connectivity index is 1.39. The molecule has 36 heavy (non-hydrogen) atoms. The minimum absolute atomic E-state index is 0.0634. The largest absolute Gasteiger partial charge is 0.459 e. The zero-order chi connectivity index (χ0) is 26.1. The van der Waals surface area contributed by atoms with Crippen LogP contribution in [0.1, 0.15) is 126 Å². The van der Waals surface area contributed by atoms with Crippen LogP contribution in [0.5, 0.6) is 0 Å². The molecule has 3 fully saturated rings. The molecule has 8 atom stereocenters. The smallest absolute Gasteiger partial charge is 0.330 e. The fourth-order valence-electron chi connectivity index (χ4n) is 9.39. The predicted octanol–water partition coefficient (Wildman–Crippen LogP) is 9.54. The van der Waals surface area contributed by atoms with Gasteiger partial charge in [0.2, 0.25) is 0 Å². The summed E-state index contributed by atoms with van der Waals surface area (Å²) in [5.41, 5.74) is 2.48. The van der Waals surface area contributed by atoms with Crippen molar-refractivity contribution in [3.63, 3.8) is 0 Å². The van der Waals surface area contributed by atoms with E-state index in [1.807, 2.05) is 6.08 Å². The van der Waals surface area contributed by atoms with E-state index in [-0.39, 0.29) is 12.1 Å². The van der Waals surface area contributed by atoms with E-state index in [1.165, 1.54) is 57.8 Å². The summed E-state index contributed by atoms with van der Waals surface area (Å²) in [6.45, 7) is 16.9. The van der Waals surface area contributed by atoms with Crippen molar-refractivity contribution in [3.05, 3.63) is 23.8 Å². The molecule has 0 aromatic rings. The van der Waals surface area contributed by atoms with Crippen molar-refractivity contribution >= 4 is 5.97 Å². The zero-order valence-corrected chi connectivity index (χ0v) is 24.7. The topological polar surface area (TPSA) is 26.3 Å². The van der Waals surface area contributed by atoms with E-state index in [0.717, 1.165) is 54.8 Å². The standard InChI is InChI=1S/C34H56O2/c1-23(2)10-8-12-25(5)29-16-17-30-28-15-14-26-22-27(36-32(35)13-9-11-24(3)4)18-20-33(26,6)31(28)19-21-34(29,30)7/h9,13-14,23-25,27-31H,8,10-12,15-22H2,1-7H3/b13-9+/t25-,27+,28-,29+,30-,31-,33+,34+/m1/s1. The lowest BCUT2D eigenvalue weighted by Crippen LogP contribution is -2.51. The summed E-state index contributed by atoms with van der Waals surface area (Å²) in [4.78, 5) is 12.4. The van der Waals surface area contributed by atoms with E-state index < -0.39 is 0 Å². The molecule has 3 saturated carbocycles. The molecule has 0 amide bonds. The van der Waals surface area contributed by atoms with E-state index in [4.69, 9.17) is 4.74 Å². The quantitative estimate of drug-likeness (QED) is 0.180. The number of carbonyl (C=O) groups excluding carboxylic acids is 1. The highest BCUT2D eigenvalue weighted by Crippen LogP contribution is 2.67. The third-order valence-electron chi connectivity index (χ3n) is 11.4. The van der Waals surface area contributed by atoms with Crippen LogP contribution in [-0.4, -0.2) is 12.1 Å². The molecule has 0 bridgehead atoms. The summed E-state index contributed by atoms with van der Waals surface area (Å²) >= 11 is 0. The van der Waals surface area contributed by atoms with Gasteiger partial charge in [-0.25, -0.2) is 4.79 Å². The van der Waals surface area contributed by atoms with Crippen molar-refractivity contribution in [2.24, 2.45) is 52.3 Å². The normalized spacial score (nSPS) is 39.0. The molecular weight excluding hydrogens is 440 g/mol. The van der Waals surface area contributed by atoms with E-state index >= 15 is 0 Å². The molecule has 0 N–H and O–H groups in total. The summed E-state index contributed by atoms with van der Waals surface area (Å²) in [5, 5.41) is 0. The molecule has 4 rings (SSSR count). The van der Waals surface area contributed by atoms with E-state index in [2.05, 4.69) is 54.5 Å². The number of fused-ring (bicyclic) bond motifs is 5. The van der Waals surface area contributed by atoms with Crippen molar-refractivity contribution in [1.29, 1.82) is 0 Å². The fourth-order valence-corrected chi connectivity index (χ4v) is 9.39. The summed E-state index contributed by atoms with van der Waals surface area (Å²) < 4.78 is 5.91. The first-order valence-electron chi connectivity index (χ1n) is 15.6. The molecule has 4 aliphatic rings. The summed E-state index contributed by atoms with van der Waals surface area (Å²) in [6, 6.07) is 0. The van der Waals surface area contributed by atoms with Crippen LogP contribution < -0.4 is 0 Å². The number of carbonyl (C=O) groups is 1. The van der Waals surface area contributed by atoms with Crippen LogP contribution in [0.4, 0.5) is 0 Å². The number of ether oxygens (including phenoxy) is 1. The molecule has 2 nitrogen and oxygen atoms in total. The number of esters is 1.